The summed E-state index contributed by atoms with van der Waals surface area (Å²) >= 11 is 1.65. The Hall–Kier alpha value is -2.02. The summed E-state index contributed by atoms with van der Waals surface area (Å²) < 4.78 is 0. The highest BCUT2D eigenvalue weighted by Crippen LogP contribution is 2.29. The summed E-state index contributed by atoms with van der Waals surface area (Å²) in [6, 6.07) is 0. The third-order valence-electron chi connectivity index (χ3n) is 4.38. The quantitative estimate of drug-likeness (QED) is 0.914. The molecule has 1 saturated heterocycles. The minimum absolute atomic E-state index is 0.202. The monoisotopic (exact) mass is 332 g/mol. The Labute approximate surface area is 138 Å². The molecule has 1 atom stereocenters. The van der Waals surface area contributed by atoms with Crippen molar-refractivity contribution in [2.24, 2.45) is 0 Å². The molecule has 0 saturated carbocycles. The van der Waals surface area contributed by atoms with Gasteiger partial charge in [0.2, 0.25) is 0 Å². The summed E-state index contributed by atoms with van der Waals surface area (Å²) in [5.74, 6) is 0.0564. The lowest BCUT2D eigenvalue weighted by atomic mass is 9.97. The van der Waals surface area contributed by atoms with E-state index in [2.05, 4.69) is 15.2 Å². The van der Waals surface area contributed by atoms with Gasteiger partial charge in [-0.2, -0.15) is 5.10 Å². The van der Waals surface area contributed by atoms with Crippen LogP contribution < -0.4 is 5.56 Å². The first-order chi connectivity index (χ1) is 11.0. The lowest BCUT2D eigenvalue weighted by Crippen LogP contribution is -2.42. The molecule has 1 fully saturated rings. The number of H-pyrrole nitrogens is 1. The number of aromatic amines is 1. The smallest absolute Gasteiger partial charge is 0.277 e. The van der Waals surface area contributed by atoms with E-state index in [0.29, 0.717) is 24.3 Å². The van der Waals surface area contributed by atoms with Gasteiger partial charge in [-0.1, -0.05) is 0 Å². The topological polar surface area (TPSA) is 79.0 Å². The van der Waals surface area contributed by atoms with Crippen LogP contribution >= 0.6 is 11.3 Å². The lowest BCUT2D eigenvalue weighted by molar-refractivity contribution is 0.0704. The van der Waals surface area contributed by atoms with E-state index in [1.54, 1.807) is 30.1 Å². The minimum Gasteiger partial charge on any atom is -0.338 e. The molecule has 6 nitrogen and oxygen atoms in total. The highest BCUT2D eigenvalue weighted by atomic mass is 32.1. The van der Waals surface area contributed by atoms with Gasteiger partial charge in [0.05, 0.1) is 10.7 Å². The van der Waals surface area contributed by atoms with Gasteiger partial charge in [-0.05, 0) is 39.2 Å². The van der Waals surface area contributed by atoms with Crippen molar-refractivity contribution in [2.45, 2.75) is 39.5 Å². The van der Waals surface area contributed by atoms with Crippen LogP contribution in [-0.2, 0) is 0 Å². The Morgan fingerprint density at radius 3 is 2.87 bits per heavy atom. The number of nitrogens with one attached hydrogen (secondary N) is 1. The van der Waals surface area contributed by atoms with Crippen molar-refractivity contribution >= 4 is 17.2 Å². The number of nitrogens with zero attached hydrogens (tertiary/aromatic N) is 3. The first kappa shape index (κ1) is 15.9. The van der Waals surface area contributed by atoms with E-state index in [-0.39, 0.29) is 17.4 Å². The van der Waals surface area contributed by atoms with Gasteiger partial charge < -0.3 is 4.90 Å². The van der Waals surface area contributed by atoms with Crippen LogP contribution in [-0.4, -0.2) is 39.1 Å². The number of aryl methyl sites for hydroxylation is 2. The van der Waals surface area contributed by atoms with Crippen LogP contribution in [0.1, 0.15) is 51.1 Å². The summed E-state index contributed by atoms with van der Waals surface area (Å²) in [5.41, 5.74) is 2.16. The van der Waals surface area contributed by atoms with Crippen molar-refractivity contribution in [1.82, 2.24) is 20.1 Å². The Kier molecular flexibility index (Phi) is 4.30. The molecule has 3 rings (SSSR count). The maximum absolute atomic E-state index is 12.8. The standard InChI is InChI=1S/C16H20N4O2S/c1-9-8-23-15(17-9)12-5-4-6-20(7-12)16(22)13-10(2)11(3)18-19-14(13)21/h8,12H,4-7H2,1-3H3,(H,19,21)/t12-/m1/s1. The number of hydrogen-bond acceptors (Lipinski definition) is 5. The van der Waals surface area contributed by atoms with E-state index in [4.69, 9.17) is 0 Å². The van der Waals surface area contributed by atoms with Gasteiger partial charge in [0, 0.05) is 30.1 Å². The minimum atomic E-state index is -0.412. The summed E-state index contributed by atoms with van der Waals surface area (Å²) in [6.07, 6.45) is 1.96. The lowest BCUT2D eigenvalue weighted by Gasteiger charge is -2.32. The molecule has 0 aromatic carbocycles. The first-order valence-electron chi connectivity index (χ1n) is 7.74. The second-order valence-corrected chi connectivity index (χ2v) is 6.95. The maximum Gasteiger partial charge on any atom is 0.277 e. The van der Waals surface area contributed by atoms with Crippen LogP contribution in [0.2, 0.25) is 0 Å². The van der Waals surface area contributed by atoms with Crippen LogP contribution in [0.4, 0.5) is 0 Å². The van der Waals surface area contributed by atoms with Crippen LogP contribution in [0.3, 0.4) is 0 Å². The van der Waals surface area contributed by atoms with Crippen LogP contribution in [0.15, 0.2) is 10.2 Å². The first-order valence-corrected chi connectivity index (χ1v) is 8.62. The number of piperidine rings is 1. The zero-order chi connectivity index (χ0) is 16.6. The molecule has 3 heterocycles. The number of thiazole rings is 1. The molecule has 1 aliphatic rings. The van der Waals surface area contributed by atoms with Gasteiger partial charge in [0.1, 0.15) is 5.56 Å². The molecule has 0 aliphatic carbocycles. The predicted octanol–water partition coefficient (Wildman–Crippen LogP) is 2.17. The van der Waals surface area contributed by atoms with Crippen LogP contribution in [0.25, 0.3) is 0 Å². The van der Waals surface area contributed by atoms with Crippen molar-refractivity contribution in [3.8, 4) is 0 Å². The van der Waals surface area contributed by atoms with E-state index in [0.717, 1.165) is 23.5 Å². The fourth-order valence-electron chi connectivity index (χ4n) is 2.96. The number of likely N-dealkylation sites (tertiary alicyclic amines) is 1. The average molecular weight is 332 g/mol. The summed E-state index contributed by atoms with van der Waals surface area (Å²) in [7, 11) is 0. The molecule has 1 aliphatic heterocycles. The Morgan fingerprint density at radius 1 is 1.39 bits per heavy atom. The number of hydrogen-bond donors (Lipinski definition) is 1. The zero-order valence-corrected chi connectivity index (χ0v) is 14.4. The van der Waals surface area contributed by atoms with Crippen LogP contribution in [0, 0.1) is 20.8 Å². The molecule has 0 bridgehead atoms. The molecule has 1 amide bonds. The Morgan fingerprint density at radius 2 is 2.17 bits per heavy atom. The number of carbonyl (C=O) groups is 1. The van der Waals surface area contributed by atoms with Crippen molar-refractivity contribution in [2.75, 3.05) is 13.1 Å². The van der Waals surface area contributed by atoms with E-state index in [9.17, 15) is 9.59 Å². The largest absolute Gasteiger partial charge is 0.338 e. The highest BCUT2D eigenvalue weighted by molar-refractivity contribution is 7.09. The van der Waals surface area contributed by atoms with Gasteiger partial charge in [-0.25, -0.2) is 10.1 Å². The third kappa shape index (κ3) is 3.06. The number of carbonyl (C=O) groups excluding carboxylic acids is 1. The average Bonchev–Trinajstić information content (AvgIpc) is 2.98. The van der Waals surface area contributed by atoms with Gasteiger partial charge >= 0.3 is 0 Å². The molecule has 0 radical (unpaired) electrons. The molecule has 0 spiro atoms. The van der Waals surface area contributed by atoms with E-state index in [1.807, 2.05) is 12.3 Å². The molecular weight excluding hydrogens is 312 g/mol. The summed E-state index contributed by atoms with van der Waals surface area (Å²) in [5, 5.41) is 9.45. The number of aromatic nitrogens is 3. The second kappa shape index (κ2) is 6.23. The maximum atomic E-state index is 12.8. The van der Waals surface area contributed by atoms with Gasteiger partial charge in [-0.3, -0.25) is 9.59 Å². The van der Waals surface area contributed by atoms with Gasteiger partial charge in [0.15, 0.2) is 0 Å². The molecule has 23 heavy (non-hydrogen) atoms. The zero-order valence-electron chi connectivity index (χ0n) is 13.5. The fraction of sp³-hybridized carbons (Fsp3) is 0.500. The van der Waals surface area contributed by atoms with Crippen molar-refractivity contribution in [1.29, 1.82) is 0 Å². The van der Waals surface area contributed by atoms with Crippen LogP contribution in [0.5, 0.6) is 0 Å². The molecule has 122 valence electrons. The predicted molar refractivity (Wildman–Crippen MR) is 89.1 cm³/mol. The van der Waals surface area contributed by atoms with Gasteiger partial charge in [0.25, 0.3) is 11.5 Å². The number of rotatable bonds is 2. The molecule has 2 aromatic heterocycles. The van der Waals surface area contributed by atoms with E-state index >= 15 is 0 Å². The molecule has 2 aromatic rings. The molecule has 0 unspecified atom stereocenters. The molecule has 1 N–H and O–H groups in total. The fourth-order valence-corrected chi connectivity index (χ4v) is 3.89. The van der Waals surface area contributed by atoms with E-state index < -0.39 is 5.56 Å². The Bertz CT molecular complexity index is 796. The Balaban J connectivity index is 1.86. The SMILES string of the molecule is Cc1csc([C@@H]2CCCN(C(=O)c3c(C)c(C)n[nH]c3=O)C2)n1. The van der Waals surface area contributed by atoms with Gasteiger partial charge in [-0.15, -0.1) is 11.3 Å². The van der Waals surface area contributed by atoms with Crippen molar-refractivity contribution < 1.29 is 4.79 Å². The van der Waals surface area contributed by atoms with Crippen molar-refractivity contribution in [3.05, 3.63) is 43.3 Å². The highest BCUT2D eigenvalue weighted by Gasteiger charge is 2.29. The second-order valence-electron chi connectivity index (χ2n) is 6.06. The molecular formula is C16H20N4O2S. The van der Waals surface area contributed by atoms with E-state index in [1.165, 1.54) is 0 Å². The summed E-state index contributed by atoms with van der Waals surface area (Å²) in [4.78, 5) is 31.2. The third-order valence-corrected chi connectivity index (χ3v) is 5.50. The summed E-state index contributed by atoms with van der Waals surface area (Å²) in [6.45, 7) is 6.84. The normalized spacial score (nSPS) is 18.2. The number of amides is 1. The molecule has 7 heteroatoms. The van der Waals surface area contributed by atoms with Crippen molar-refractivity contribution in [3.63, 3.8) is 0 Å².